The molecule has 24 heavy (non-hydrogen) atoms. The zero-order valence-electron chi connectivity index (χ0n) is 14.3. The molecule has 0 aromatic heterocycles. The summed E-state index contributed by atoms with van der Waals surface area (Å²) in [5.41, 5.74) is 3.85. The van der Waals surface area contributed by atoms with E-state index >= 15 is 0 Å². The van der Waals surface area contributed by atoms with Gasteiger partial charge >= 0.3 is 0 Å². The van der Waals surface area contributed by atoms with Gasteiger partial charge in [0.1, 0.15) is 0 Å². The van der Waals surface area contributed by atoms with Crippen molar-refractivity contribution in [2.24, 2.45) is 0 Å². The van der Waals surface area contributed by atoms with E-state index in [1.807, 2.05) is 0 Å². The van der Waals surface area contributed by atoms with E-state index in [4.69, 9.17) is 0 Å². The minimum atomic E-state index is 0. The van der Waals surface area contributed by atoms with Crippen molar-refractivity contribution in [2.45, 2.75) is 18.2 Å². The van der Waals surface area contributed by atoms with Crippen molar-refractivity contribution in [1.29, 1.82) is 0 Å². The summed E-state index contributed by atoms with van der Waals surface area (Å²) < 4.78 is 0. The van der Waals surface area contributed by atoms with Crippen LogP contribution in [0.2, 0.25) is 0 Å². The first-order valence-corrected chi connectivity index (χ1v) is 9.03. The van der Waals surface area contributed by atoms with Crippen LogP contribution in [0.4, 0.5) is 5.69 Å². The average Bonchev–Trinajstić information content (AvgIpc) is 2.90. The first-order valence-electron chi connectivity index (χ1n) is 8.21. The molecule has 1 heterocycles. The fourth-order valence-corrected chi connectivity index (χ4v) is 3.81. The van der Waals surface area contributed by atoms with E-state index in [0.29, 0.717) is 0 Å². The van der Waals surface area contributed by atoms with Crippen LogP contribution in [-0.4, -0.2) is 31.6 Å². The van der Waals surface area contributed by atoms with Gasteiger partial charge < -0.3 is 26.8 Å². The van der Waals surface area contributed by atoms with E-state index in [0.717, 1.165) is 31.1 Å². The number of nitrogens with zero attached hydrogens (tertiary/aromatic N) is 2. The number of hydrogen-bond donors (Lipinski definition) is 0. The van der Waals surface area contributed by atoms with Crippen LogP contribution >= 0.6 is 11.8 Å². The van der Waals surface area contributed by atoms with Crippen LogP contribution < -0.4 is 21.9 Å². The normalized spacial score (nSPS) is 13.1. The number of rotatable bonds is 6. The van der Waals surface area contributed by atoms with Crippen LogP contribution in [0.1, 0.15) is 13.3 Å². The van der Waals surface area contributed by atoms with Crippen LogP contribution in [0.25, 0.3) is 11.1 Å². The largest absolute Gasteiger partial charge is 1.00 e. The molecule has 3 rings (SSSR count). The molecule has 2 aromatic carbocycles. The number of anilines is 1. The second kappa shape index (κ2) is 8.75. The van der Waals surface area contributed by atoms with Crippen LogP contribution in [0.5, 0.6) is 0 Å². The average molecular weight is 404 g/mol. The lowest BCUT2D eigenvalue weighted by Crippen LogP contribution is -3.00. The van der Waals surface area contributed by atoms with Crippen LogP contribution in [0, 0.1) is 0 Å². The molecule has 2 nitrogen and oxygen atoms in total. The summed E-state index contributed by atoms with van der Waals surface area (Å²) in [7, 11) is 2.18. The first kappa shape index (κ1) is 19.1. The predicted octanol–water partition coefficient (Wildman–Crippen LogP) is 2.08. The van der Waals surface area contributed by atoms with Gasteiger partial charge in [0.25, 0.3) is 0 Å². The number of halogens is 1. The lowest BCUT2D eigenvalue weighted by atomic mass is 10.0. The summed E-state index contributed by atoms with van der Waals surface area (Å²) in [6.07, 6.45) is 1.15. The molecule has 128 valence electrons. The van der Waals surface area contributed by atoms with E-state index < -0.39 is 0 Å². The van der Waals surface area contributed by atoms with E-state index in [9.17, 15) is 0 Å². The Morgan fingerprint density at radius 2 is 1.83 bits per heavy atom. The number of thioether (sulfide) groups is 1. The predicted molar refractivity (Wildman–Crippen MR) is 102 cm³/mol. The SMILES string of the molecule is C=C1Sc2ccc(-c3ccccc3)cc2N1CCCN(C)CC.[Br-]. The highest BCUT2D eigenvalue weighted by Crippen LogP contribution is 2.46. The molecule has 0 spiro atoms. The maximum atomic E-state index is 4.25. The van der Waals surface area contributed by atoms with Gasteiger partial charge in [-0.1, -0.05) is 61.7 Å². The Morgan fingerprint density at radius 1 is 1.08 bits per heavy atom. The van der Waals surface area contributed by atoms with Gasteiger partial charge in [-0.05, 0) is 49.8 Å². The van der Waals surface area contributed by atoms with Gasteiger partial charge in [-0.3, -0.25) is 0 Å². The third kappa shape index (κ3) is 4.24. The zero-order valence-corrected chi connectivity index (χ0v) is 16.7. The summed E-state index contributed by atoms with van der Waals surface area (Å²) in [6, 6.07) is 17.3. The fourth-order valence-electron chi connectivity index (χ4n) is 2.84. The smallest absolute Gasteiger partial charge is 0.0728 e. The van der Waals surface area contributed by atoms with Crippen molar-refractivity contribution < 1.29 is 17.0 Å². The van der Waals surface area contributed by atoms with Gasteiger partial charge in [-0.2, -0.15) is 0 Å². The summed E-state index contributed by atoms with van der Waals surface area (Å²) >= 11 is 1.79. The van der Waals surface area contributed by atoms with Gasteiger partial charge in [0.2, 0.25) is 0 Å². The highest BCUT2D eigenvalue weighted by molar-refractivity contribution is 8.03. The quantitative estimate of drug-likeness (QED) is 0.728. The highest BCUT2D eigenvalue weighted by Gasteiger charge is 2.23. The molecule has 0 aliphatic carbocycles. The molecular weight excluding hydrogens is 380 g/mol. The Hall–Kier alpha value is -1.23. The molecule has 0 atom stereocenters. The lowest BCUT2D eigenvalue weighted by Gasteiger charge is -2.22. The Kier molecular flexibility index (Phi) is 6.96. The monoisotopic (exact) mass is 403 g/mol. The number of fused-ring (bicyclic) bond motifs is 1. The maximum absolute atomic E-state index is 4.25. The molecule has 0 unspecified atom stereocenters. The van der Waals surface area contributed by atoms with Gasteiger partial charge in [0.15, 0.2) is 0 Å². The third-order valence-electron chi connectivity index (χ3n) is 4.35. The van der Waals surface area contributed by atoms with Crippen molar-refractivity contribution in [2.75, 3.05) is 31.6 Å². The summed E-state index contributed by atoms with van der Waals surface area (Å²) in [5.74, 6) is 0. The Balaban J connectivity index is 0.00000208. The molecule has 1 aliphatic heterocycles. The molecule has 0 saturated heterocycles. The molecule has 0 saturated carbocycles. The maximum Gasteiger partial charge on any atom is 0.0728 e. The first-order chi connectivity index (χ1) is 11.2. The highest BCUT2D eigenvalue weighted by atomic mass is 79.9. The van der Waals surface area contributed by atoms with Crippen molar-refractivity contribution in [1.82, 2.24) is 4.90 Å². The second-order valence-electron chi connectivity index (χ2n) is 5.95. The van der Waals surface area contributed by atoms with Crippen LogP contribution in [-0.2, 0) is 0 Å². The molecule has 0 amide bonds. The summed E-state index contributed by atoms with van der Waals surface area (Å²) in [4.78, 5) is 6.04. The van der Waals surface area contributed by atoms with E-state index in [-0.39, 0.29) is 17.0 Å². The third-order valence-corrected chi connectivity index (χ3v) is 5.37. The molecule has 4 heteroatoms. The second-order valence-corrected chi connectivity index (χ2v) is 7.06. The summed E-state index contributed by atoms with van der Waals surface area (Å²) in [6.45, 7) is 9.70. The number of benzene rings is 2. The van der Waals surface area contributed by atoms with Gasteiger partial charge in [0.05, 0.1) is 10.7 Å². The molecule has 2 aromatic rings. The molecule has 1 aliphatic rings. The summed E-state index contributed by atoms with van der Waals surface area (Å²) in [5, 5.41) is 1.14. The molecule has 0 N–H and O–H groups in total. The zero-order chi connectivity index (χ0) is 16.2. The standard InChI is InChI=1S/C20H24N2S.BrH/c1-4-21(3)13-8-14-22-16(2)23-20-12-11-18(15-19(20)22)17-9-6-5-7-10-17;/h5-7,9-12,15H,2,4,8,13-14H2,1,3H3;1H/p-1. The van der Waals surface area contributed by atoms with Crippen LogP contribution in [0.3, 0.4) is 0 Å². The van der Waals surface area contributed by atoms with E-state index in [2.05, 4.69) is 78.9 Å². The lowest BCUT2D eigenvalue weighted by molar-refractivity contribution is -0.00000459. The van der Waals surface area contributed by atoms with Gasteiger partial charge in [-0.25, -0.2) is 0 Å². The fraction of sp³-hybridized carbons (Fsp3) is 0.300. The van der Waals surface area contributed by atoms with E-state index in [1.165, 1.54) is 21.7 Å². The van der Waals surface area contributed by atoms with Crippen LogP contribution in [0.15, 0.2) is 65.0 Å². The molecule has 0 fully saturated rings. The van der Waals surface area contributed by atoms with E-state index in [1.54, 1.807) is 11.8 Å². The Bertz CT molecular complexity index is 687. The Labute approximate surface area is 160 Å². The minimum Gasteiger partial charge on any atom is -1.00 e. The number of hydrogen-bond acceptors (Lipinski definition) is 3. The van der Waals surface area contributed by atoms with Gasteiger partial charge in [0, 0.05) is 11.4 Å². The minimum absolute atomic E-state index is 0. The molecule has 0 radical (unpaired) electrons. The van der Waals surface area contributed by atoms with Crippen molar-refractivity contribution in [3.05, 3.63) is 60.1 Å². The van der Waals surface area contributed by atoms with Crippen molar-refractivity contribution in [3.63, 3.8) is 0 Å². The van der Waals surface area contributed by atoms with Crippen molar-refractivity contribution in [3.8, 4) is 11.1 Å². The van der Waals surface area contributed by atoms with Gasteiger partial charge in [-0.15, -0.1) is 0 Å². The van der Waals surface area contributed by atoms with Crippen molar-refractivity contribution >= 4 is 17.4 Å². The Morgan fingerprint density at radius 3 is 2.54 bits per heavy atom. The topological polar surface area (TPSA) is 6.48 Å². The molecular formula is C20H24BrN2S-. The molecule has 0 bridgehead atoms.